The van der Waals surface area contributed by atoms with Crippen molar-refractivity contribution in [2.75, 3.05) is 18.2 Å². The second-order valence-electron chi connectivity index (χ2n) is 4.17. The first-order valence-electron chi connectivity index (χ1n) is 5.81. The zero-order valence-electron chi connectivity index (χ0n) is 10.9. The number of hydrogen-bond acceptors (Lipinski definition) is 4. The van der Waals surface area contributed by atoms with Crippen LogP contribution < -0.4 is 11.1 Å². The summed E-state index contributed by atoms with van der Waals surface area (Å²) in [5.74, 6) is -1.94. The Hall–Kier alpha value is -2.15. The van der Waals surface area contributed by atoms with Crippen molar-refractivity contribution >= 4 is 39.0 Å². The molecule has 110 valence electrons. The van der Waals surface area contributed by atoms with E-state index in [0.717, 1.165) is 12.1 Å². The monoisotopic (exact) mass is 356 g/mol. The van der Waals surface area contributed by atoms with Crippen LogP contribution in [0.5, 0.6) is 0 Å². The quantitative estimate of drug-likeness (QED) is 0.498. The first-order valence-corrected chi connectivity index (χ1v) is 6.61. The number of benzene rings is 2. The number of halogens is 3. The van der Waals surface area contributed by atoms with Gasteiger partial charge in [0.15, 0.2) is 0 Å². The van der Waals surface area contributed by atoms with E-state index in [-0.39, 0.29) is 21.4 Å². The number of hydrogen-bond donors (Lipinski definition) is 2. The molecule has 0 bridgehead atoms. The van der Waals surface area contributed by atoms with Crippen molar-refractivity contribution in [1.29, 1.82) is 0 Å². The molecule has 0 fully saturated rings. The number of methoxy groups -OCH3 is 1. The molecule has 0 radical (unpaired) electrons. The van der Waals surface area contributed by atoms with Crippen LogP contribution in [-0.4, -0.2) is 13.1 Å². The Morgan fingerprint density at radius 3 is 2.57 bits per heavy atom. The van der Waals surface area contributed by atoms with E-state index < -0.39 is 17.6 Å². The van der Waals surface area contributed by atoms with E-state index in [1.54, 1.807) is 0 Å². The zero-order chi connectivity index (χ0) is 15.6. The Morgan fingerprint density at radius 2 is 1.90 bits per heavy atom. The molecule has 2 aromatic rings. The van der Waals surface area contributed by atoms with E-state index in [0.29, 0.717) is 5.69 Å². The lowest BCUT2D eigenvalue weighted by Crippen LogP contribution is -2.07. The number of anilines is 3. The highest BCUT2D eigenvalue weighted by atomic mass is 79.9. The number of carbonyl (C=O) groups excluding carboxylic acids is 1. The standard InChI is InChI=1S/C14H11BrF2N2O2/c1-21-14(20)8-4-7(18)2-3-12(8)19-13-6-10(16)9(15)5-11(13)17/h2-6,19H,18H2,1H3. The molecule has 0 spiro atoms. The van der Waals surface area contributed by atoms with Gasteiger partial charge in [-0.05, 0) is 40.2 Å². The molecule has 0 atom stereocenters. The average Bonchev–Trinajstić information content (AvgIpc) is 2.45. The molecule has 0 aliphatic heterocycles. The summed E-state index contributed by atoms with van der Waals surface area (Å²) >= 11 is 2.89. The van der Waals surface area contributed by atoms with Gasteiger partial charge in [-0.3, -0.25) is 0 Å². The SMILES string of the molecule is COC(=O)c1cc(N)ccc1Nc1cc(F)c(Br)cc1F. The summed E-state index contributed by atoms with van der Waals surface area (Å²) in [5.41, 5.74) is 6.24. The Kier molecular flexibility index (Phi) is 4.42. The van der Waals surface area contributed by atoms with Crippen molar-refractivity contribution in [2.24, 2.45) is 0 Å². The number of nitrogens with two attached hydrogens (primary N) is 1. The minimum absolute atomic E-state index is 0.0102. The summed E-state index contributed by atoms with van der Waals surface area (Å²) in [6, 6.07) is 6.38. The number of nitrogen functional groups attached to an aromatic ring is 1. The van der Waals surface area contributed by atoms with Gasteiger partial charge >= 0.3 is 5.97 Å². The summed E-state index contributed by atoms with van der Waals surface area (Å²) in [6.07, 6.45) is 0. The third-order valence-electron chi connectivity index (χ3n) is 2.73. The number of esters is 1. The molecule has 7 heteroatoms. The lowest BCUT2D eigenvalue weighted by Gasteiger charge is -2.12. The zero-order valence-corrected chi connectivity index (χ0v) is 12.5. The number of ether oxygens (including phenoxy) is 1. The van der Waals surface area contributed by atoms with E-state index in [2.05, 4.69) is 26.0 Å². The maximum Gasteiger partial charge on any atom is 0.340 e. The summed E-state index contributed by atoms with van der Waals surface area (Å²) in [5, 5.41) is 2.66. The van der Waals surface area contributed by atoms with E-state index in [4.69, 9.17) is 5.73 Å². The van der Waals surface area contributed by atoms with Crippen molar-refractivity contribution in [2.45, 2.75) is 0 Å². The average molecular weight is 357 g/mol. The van der Waals surface area contributed by atoms with Crippen molar-refractivity contribution in [3.63, 3.8) is 0 Å². The van der Waals surface area contributed by atoms with Crippen molar-refractivity contribution in [3.05, 3.63) is 52.0 Å². The summed E-state index contributed by atoms with van der Waals surface area (Å²) < 4.78 is 31.9. The number of rotatable bonds is 3. The van der Waals surface area contributed by atoms with Crippen molar-refractivity contribution in [1.82, 2.24) is 0 Å². The van der Waals surface area contributed by atoms with Crippen molar-refractivity contribution < 1.29 is 18.3 Å². The van der Waals surface area contributed by atoms with Gasteiger partial charge in [0.2, 0.25) is 0 Å². The summed E-state index contributed by atoms with van der Waals surface area (Å²) in [7, 11) is 1.22. The molecule has 0 heterocycles. The van der Waals surface area contributed by atoms with Crippen LogP contribution in [0.2, 0.25) is 0 Å². The van der Waals surface area contributed by atoms with Gasteiger partial charge in [-0.1, -0.05) is 0 Å². The molecule has 0 aliphatic carbocycles. The highest BCUT2D eigenvalue weighted by Crippen LogP contribution is 2.28. The van der Waals surface area contributed by atoms with E-state index >= 15 is 0 Å². The van der Waals surface area contributed by atoms with Crippen molar-refractivity contribution in [3.8, 4) is 0 Å². The number of carbonyl (C=O) groups is 1. The molecule has 2 rings (SSSR count). The summed E-state index contributed by atoms with van der Waals surface area (Å²) in [4.78, 5) is 11.7. The molecule has 4 nitrogen and oxygen atoms in total. The van der Waals surface area contributed by atoms with E-state index in [9.17, 15) is 13.6 Å². The van der Waals surface area contributed by atoms with Crippen LogP contribution in [0.4, 0.5) is 25.8 Å². The third kappa shape index (κ3) is 3.30. The lowest BCUT2D eigenvalue weighted by atomic mass is 10.1. The normalized spacial score (nSPS) is 10.3. The van der Waals surface area contributed by atoms with Gasteiger partial charge in [0.05, 0.1) is 28.5 Å². The Bertz CT molecular complexity index is 708. The second-order valence-corrected chi connectivity index (χ2v) is 5.02. The topological polar surface area (TPSA) is 64.3 Å². The fraction of sp³-hybridized carbons (Fsp3) is 0.0714. The molecule has 0 saturated carbocycles. The highest BCUT2D eigenvalue weighted by Gasteiger charge is 2.15. The molecule has 0 aromatic heterocycles. The molecular formula is C14H11BrF2N2O2. The van der Waals surface area contributed by atoms with Gasteiger partial charge in [0.25, 0.3) is 0 Å². The molecule has 0 aliphatic rings. The van der Waals surface area contributed by atoms with E-state index in [1.807, 2.05) is 0 Å². The van der Waals surface area contributed by atoms with E-state index in [1.165, 1.54) is 25.3 Å². The Balaban J connectivity index is 2.44. The van der Waals surface area contributed by atoms with Crippen LogP contribution in [-0.2, 0) is 4.74 Å². The molecule has 0 amide bonds. The van der Waals surface area contributed by atoms with Gasteiger partial charge < -0.3 is 15.8 Å². The van der Waals surface area contributed by atoms with Gasteiger partial charge in [0, 0.05) is 11.8 Å². The van der Waals surface area contributed by atoms with Crippen LogP contribution in [0.25, 0.3) is 0 Å². The van der Waals surface area contributed by atoms with Crippen LogP contribution >= 0.6 is 15.9 Å². The van der Waals surface area contributed by atoms with Gasteiger partial charge in [0.1, 0.15) is 11.6 Å². The third-order valence-corrected chi connectivity index (χ3v) is 3.34. The van der Waals surface area contributed by atoms with Gasteiger partial charge in [-0.15, -0.1) is 0 Å². The highest BCUT2D eigenvalue weighted by molar-refractivity contribution is 9.10. The molecular weight excluding hydrogens is 346 g/mol. The first kappa shape index (κ1) is 15.2. The Morgan fingerprint density at radius 1 is 1.19 bits per heavy atom. The largest absolute Gasteiger partial charge is 0.465 e. The smallest absolute Gasteiger partial charge is 0.340 e. The predicted octanol–water partition coefficient (Wildman–Crippen LogP) is 3.84. The maximum absolute atomic E-state index is 13.8. The molecule has 2 aromatic carbocycles. The molecule has 0 saturated heterocycles. The van der Waals surface area contributed by atoms with Crippen LogP contribution in [0.3, 0.4) is 0 Å². The Labute approximate surface area is 128 Å². The van der Waals surface area contributed by atoms with Gasteiger partial charge in [-0.2, -0.15) is 0 Å². The second kappa shape index (κ2) is 6.09. The maximum atomic E-state index is 13.8. The molecule has 21 heavy (non-hydrogen) atoms. The minimum Gasteiger partial charge on any atom is -0.465 e. The predicted molar refractivity (Wildman–Crippen MR) is 79.5 cm³/mol. The summed E-state index contributed by atoms with van der Waals surface area (Å²) in [6.45, 7) is 0. The fourth-order valence-electron chi connectivity index (χ4n) is 1.71. The first-order chi connectivity index (χ1) is 9.92. The lowest BCUT2D eigenvalue weighted by molar-refractivity contribution is 0.0602. The van der Waals surface area contributed by atoms with Crippen LogP contribution in [0.15, 0.2) is 34.8 Å². The van der Waals surface area contributed by atoms with Crippen LogP contribution in [0, 0.1) is 11.6 Å². The molecule has 3 N–H and O–H groups in total. The van der Waals surface area contributed by atoms with Crippen LogP contribution in [0.1, 0.15) is 10.4 Å². The minimum atomic E-state index is -0.670. The molecule has 0 unspecified atom stereocenters. The fourth-order valence-corrected chi connectivity index (χ4v) is 2.03. The number of nitrogens with one attached hydrogen (secondary N) is 1. The van der Waals surface area contributed by atoms with Gasteiger partial charge in [-0.25, -0.2) is 13.6 Å².